The van der Waals surface area contributed by atoms with Crippen LogP contribution in [0.4, 0.5) is 0 Å². The summed E-state index contributed by atoms with van der Waals surface area (Å²) in [6.45, 7) is 4.59. The number of rotatable bonds is 40. The van der Waals surface area contributed by atoms with Crippen molar-refractivity contribution >= 4 is 13.7 Å². The van der Waals surface area contributed by atoms with Crippen LogP contribution in [0, 0.1) is 0 Å². The second-order valence-corrected chi connectivity index (χ2v) is 17.8. The summed E-state index contributed by atoms with van der Waals surface area (Å²) < 4.78 is 23.1. The van der Waals surface area contributed by atoms with Gasteiger partial charge in [-0.3, -0.25) is 9.36 Å². The summed E-state index contributed by atoms with van der Waals surface area (Å²) in [6, 6.07) is -0.902. The van der Waals surface area contributed by atoms with E-state index in [0.29, 0.717) is 17.4 Å². The number of hydrogen-bond acceptors (Lipinski definition) is 6. The molecule has 0 heterocycles. The lowest BCUT2D eigenvalue weighted by molar-refractivity contribution is -0.870. The molecule has 0 aromatic rings. The van der Waals surface area contributed by atoms with Crippen LogP contribution in [-0.4, -0.2) is 68.5 Å². The molecule has 0 spiro atoms. The normalized spacial score (nSPS) is 14.7. The summed E-state index contributed by atoms with van der Waals surface area (Å²) in [4.78, 5) is 25.2. The Balaban J connectivity index is 4.34. The van der Waals surface area contributed by atoms with Crippen molar-refractivity contribution in [1.29, 1.82) is 0 Å². The molecule has 0 aliphatic rings. The van der Waals surface area contributed by atoms with Gasteiger partial charge in [0.1, 0.15) is 13.2 Å². The minimum absolute atomic E-state index is 0.00740. The van der Waals surface area contributed by atoms with E-state index in [-0.39, 0.29) is 12.5 Å². The number of quaternary nitrogens is 1. The fraction of sp³-hybridized carbons (Fsp3) is 0.844. The SMILES string of the molecule is CCCCCCC/C=C/CC/C=C/C(O)C(COP(=O)([O-])OCC[N+](C)(C)C)NC(=O)CCCCCCCCC/C=C\CCCCCCCCCCCC. The molecule has 0 rings (SSSR count). The first-order valence-electron chi connectivity index (χ1n) is 22.4. The fourth-order valence-corrected chi connectivity index (χ4v) is 6.94. The maximum Gasteiger partial charge on any atom is 0.268 e. The van der Waals surface area contributed by atoms with Crippen LogP contribution in [0.2, 0.25) is 0 Å². The Hall–Kier alpha value is -1.28. The van der Waals surface area contributed by atoms with Gasteiger partial charge < -0.3 is 28.8 Å². The average Bonchev–Trinajstić information content (AvgIpc) is 3.12. The first-order chi connectivity index (χ1) is 26.0. The van der Waals surface area contributed by atoms with Crippen LogP contribution < -0.4 is 10.2 Å². The van der Waals surface area contributed by atoms with Crippen molar-refractivity contribution in [2.75, 3.05) is 40.9 Å². The van der Waals surface area contributed by atoms with Crippen molar-refractivity contribution in [2.24, 2.45) is 0 Å². The monoisotopic (exact) mass is 783 g/mol. The number of nitrogens with zero attached hydrogens (tertiary/aromatic N) is 1. The Morgan fingerprint density at radius 1 is 0.630 bits per heavy atom. The number of aliphatic hydroxyl groups excluding tert-OH is 1. The molecule has 0 aliphatic carbocycles. The molecule has 1 amide bonds. The lowest BCUT2D eigenvalue weighted by atomic mass is 10.1. The summed E-state index contributed by atoms with van der Waals surface area (Å²) in [6.07, 6.45) is 44.9. The summed E-state index contributed by atoms with van der Waals surface area (Å²) in [5, 5.41) is 13.7. The molecule has 3 atom stereocenters. The van der Waals surface area contributed by atoms with Crippen LogP contribution in [-0.2, 0) is 18.4 Å². The Morgan fingerprint density at radius 3 is 1.50 bits per heavy atom. The van der Waals surface area contributed by atoms with Crippen LogP contribution >= 0.6 is 7.82 Å². The average molecular weight is 783 g/mol. The van der Waals surface area contributed by atoms with E-state index in [2.05, 4.69) is 43.5 Å². The minimum atomic E-state index is -4.59. The molecule has 0 radical (unpaired) electrons. The van der Waals surface area contributed by atoms with Crippen molar-refractivity contribution in [3.8, 4) is 0 Å². The van der Waals surface area contributed by atoms with E-state index in [0.717, 1.165) is 38.5 Å². The summed E-state index contributed by atoms with van der Waals surface area (Å²) >= 11 is 0. The van der Waals surface area contributed by atoms with Crippen LogP contribution in [0.1, 0.15) is 194 Å². The third-order valence-electron chi connectivity index (χ3n) is 9.82. The molecule has 8 nitrogen and oxygen atoms in total. The maximum atomic E-state index is 12.8. The molecule has 3 unspecified atom stereocenters. The van der Waals surface area contributed by atoms with E-state index in [1.165, 1.54) is 135 Å². The topological polar surface area (TPSA) is 108 Å². The van der Waals surface area contributed by atoms with Gasteiger partial charge in [0.15, 0.2) is 0 Å². The smallest absolute Gasteiger partial charge is 0.268 e. The van der Waals surface area contributed by atoms with Crippen LogP contribution in [0.5, 0.6) is 0 Å². The highest BCUT2D eigenvalue weighted by molar-refractivity contribution is 7.45. The molecular weight excluding hydrogens is 695 g/mol. The highest BCUT2D eigenvalue weighted by Gasteiger charge is 2.23. The van der Waals surface area contributed by atoms with E-state index in [4.69, 9.17) is 9.05 Å². The molecule has 2 N–H and O–H groups in total. The zero-order chi connectivity index (χ0) is 40.0. The Kier molecular flexibility index (Phi) is 36.4. The highest BCUT2D eigenvalue weighted by atomic mass is 31.2. The summed E-state index contributed by atoms with van der Waals surface area (Å²) in [7, 11) is 1.24. The first-order valence-corrected chi connectivity index (χ1v) is 23.8. The fourth-order valence-electron chi connectivity index (χ4n) is 6.22. The zero-order valence-electron chi connectivity index (χ0n) is 35.9. The van der Waals surface area contributed by atoms with Crippen molar-refractivity contribution < 1.29 is 32.9 Å². The lowest BCUT2D eigenvalue weighted by Gasteiger charge is -2.29. The van der Waals surface area contributed by atoms with Gasteiger partial charge in [0, 0.05) is 6.42 Å². The first kappa shape index (κ1) is 52.7. The molecule has 0 fully saturated rings. The quantitative estimate of drug-likeness (QED) is 0.0277. The van der Waals surface area contributed by atoms with E-state index in [9.17, 15) is 19.4 Å². The third-order valence-corrected chi connectivity index (χ3v) is 10.8. The predicted molar refractivity (Wildman–Crippen MR) is 228 cm³/mol. The van der Waals surface area contributed by atoms with Gasteiger partial charge in [-0.15, -0.1) is 0 Å². The number of allylic oxidation sites excluding steroid dienone is 5. The standard InChI is InChI=1S/C45H87N2O6P/c1-6-8-10-12-14-16-18-19-20-21-22-23-24-25-26-27-29-31-33-35-37-39-45(49)46-43(42-53-54(50,51)52-41-40-47(3,4)5)44(48)38-36-34-32-30-28-17-15-13-11-9-7-2/h23-24,28,30,36,38,43-44,48H,6-22,25-27,29,31-35,37,39-42H2,1-5H3,(H-,46,49,50,51)/b24-23-,30-28+,38-36+. The molecule has 0 bridgehead atoms. The largest absolute Gasteiger partial charge is 0.756 e. The number of carbonyl (C=O) groups is 1. The van der Waals surface area contributed by atoms with E-state index < -0.39 is 26.6 Å². The Bertz CT molecular complexity index is 980. The number of nitrogens with one attached hydrogen (secondary N) is 1. The number of amides is 1. The number of unbranched alkanes of at least 4 members (excludes halogenated alkanes) is 23. The Morgan fingerprint density at radius 2 is 1.04 bits per heavy atom. The van der Waals surface area contributed by atoms with Gasteiger partial charge in [0.05, 0.1) is 39.9 Å². The van der Waals surface area contributed by atoms with Gasteiger partial charge in [-0.2, -0.15) is 0 Å². The molecule has 54 heavy (non-hydrogen) atoms. The van der Waals surface area contributed by atoms with Crippen molar-refractivity contribution in [3.63, 3.8) is 0 Å². The van der Waals surface area contributed by atoms with Gasteiger partial charge in [0.2, 0.25) is 5.91 Å². The van der Waals surface area contributed by atoms with E-state index in [1.807, 2.05) is 27.2 Å². The second kappa shape index (κ2) is 37.3. The van der Waals surface area contributed by atoms with Crippen LogP contribution in [0.15, 0.2) is 36.5 Å². The van der Waals surface area contributed by atoms with Gasteiger partial charge in [-0.05, 0) is 57.8 Å². The Labute approximate surface area is 334 Å². The molecule has 0 aromatic carbocycles. The number of aliphatic hydroxyl groups is 1. The molecule has 0 saturated carbocycles. The number of likely N-dealkylation sites (N-methyl/N-ethyl adjacent to an activating group) is 1. The van der Waals surface area contributed by atoms with Gasteiger partial charge in [0.25, 0.3) is 7.82 Å². The van der Waals surface area contributed by atoms with Crippen molar-refractivity contribution in [2.45, 2.75) is 206 Å². The minimum Gasteiger partial charge on any atom is -0.756 e. The van der Waals surface area contributed by atoms with Gasteiger partial charge >= 0.3 is 0 Å². The molecule has 318 valence electrons. The van der Waals surface area contributed by atoms with Crippen LogP contribution in [0.3, 0.4) is 0 Å². The summed E-state index contributed by atoms with van der Waals surface area (Å²) in [5.41, 5.74) is 0. The maximum absolute atomic E-state index is 12.8. The van der Waals surface area contributed by atoms with E-state index >= 15 is 0 Å². The molecule has 0 saturated heterocycles. The predicted octanol–water partition coefficient (Wildman–Crippen LogP) is 11.7. The van der Waals surface area contributed by atoms with E-state index in [1.54, 1.807) is 6.08 Å². The zero-order valence-corrected chi connectivity index (χ0v) is 36.8. The number of hydrogen-bond donors (Lipinski definition) is 2. The molecule has 0 aliphatic heterocycles. The lowest BCUT2D eigenvalue weighted by Crippen LogP contribution is -2.45. The van der Waals surface area contributed by atoms with Crippen LogP contribution in [0.25, 0.3) is 0 Å². The number of phosphoric acid groups is 1. The van der Waals surface area contributed by atoms with Crippen molar-refractivity contribution in [1.82, 2.24) is 5.32 Å². The molecule has 0 aromatic heterocycles. The van der Waals surface area contributed by atoms with Gasteiger partial charge in [-0.25, -0.2) is 0 Å². The highest BCUT2D eigenvalue weighted by Crippen LogP contribution is 2.38. The number of carbonyl (C=O) groups excluding carboxylic acids is 1. The summed E-state index contributed by atoms with van der Waals surface area (Å²) in [5.74, 6) is -0.214. The third kappa shape index (κ3) is 39.0. The number of phosphoric ester groups is 1. The molecule has 9 heteroatoms. The van der Waals surface area contributed by atoms with Crippen molar-refractivity contribution in [3.05, 3.63) is 36.5 Å². The second-order valence-electron chi connectivity index (χ2n) is 16.4. The van der Waals surface area contributed by atoms with Gasteiger partial charge in [-0.1, -0.05) is 166 Å². The molecular formula is C45H87N2O6P.